The van der Waals surface area contributed by atoms with Crippen LogP contribution in [0, 0.1) is 6.92 Å². The molecular weight excluding hydrogens is 206 g/mol. The Labute approximate surface area is 91.5 Å². The van der Waals surface area contributed by atoms with Crippen molar-refractivity contribution in [2.24, 2.45) is 0 Å². The van der Waals surface area contributed by atoms with Crippen molar-refractivity contribution in [2.75, 3.05) is 0 Å². The largest absolute Gasteiger partial charge is 0.474 e. The van der Waals surface area contributed by atoms with Gasteiger partial charge in [0.25, 0.3) is 5.56 Å². The molecular formula is C11H11N3O2. The van der Waals surface area contributed by atoms with Gasteiger partial charge in [-0.2, -0.15) is 0 Å². The van der Waals surface area contributed by atoms with Crippen molar-refractivity contribution in [1.82, 2.24) is 15.0 Å². The summed E-state index contributed by atoms with van der Waals surface area (Å²) in [6.45, 7) is 1.75. The molecule has 5 nitrogen and oxygen atoms in total. The van der Waals surface area contributed by atoms with Gasteiger partial charge in [0.05, 0.1) is 5.52 Å². The maximum absolute atomic E-state index is 11.6. The summed E-state index contributed by atoms with van der Waals surface area (Å²) in [6.07, 6.45) is 2.42. The van der Waals surface area contributed by atoms with Crippen molar-refractivity contribution in [3.63, 3.8) is 0 Å². The molecule has 0 spiro atoms. The van der Waals surface area contributed by atoms with Gasteiger partial charge in [-0.1, -0.05) is 0 Å². The van der Waals surface area contributed by atoms with Crippen LogP contribution in [0.25, 0.3) is 11.0 Å². The molecule has 0 atom stereocenters. The molecule has 0 unspecified atom stereocenters. The van der Waals surface area contributed by atoms with Gasteiger partial charge in [-0.15, -0.1) is 0 Å². The Morgan fingerprint density at radius 3 is 2.94 bits per heavy atom. The van der Waals surface area contributed by atoms with Crippen molar-refractivity contribution >= 4 is 11.0 Å². The van der Waals surface area contributed by atoms with Gasteiger partial charge in [-0.05, 0) is 25.8 Å². The van der Waals surface area contributed by atoms with Crippen LogP contribution in [0.4, 0.5) is 0 Å². The Morgan fingerprint density at radius 1 is 1.38 bits per heavy atom. The van der Waals surface area contributed by atoms with Gasteiger partial charge in [0.2, 0.25) is 5.88 Å². The number of fused-ring (bicyclic) bond motifs is 1. The van der Waals surface area contributed by atoms with Crippen LogP contribution in [-0.4, -0.2) is 21.1 Å². The first kappa shape index (κ1) is 9.33. The number of hydrogen-bond acceptors (Lipinski definition) is 4. The Bertz CT molecular complexity index is 602. The quantitative estimate of drug-likeness (QED) is 0.819. The number of hydrogen-bond donors (Lipinski definition) is 1. The second-order valence-electron chi connectivity index (χ2n) is 3.99. The first-order chi connectivity index (χ1) is 7.72. The molecule has 1 aliphatic rings. The molecule has 0 bridgehead atoms. The standard InChI is InChI=1S/C11H11N3O2/c1-6-12-8-4-5-9(16-7-2-3-7)14-10(8)11(15)13-6/h4-5,7H,2-3H2,1H3,(H,12,13,15). The van der Waals surface area contributed by atoms with Gasteiger partial charge < -0.3 is 9.72 Å². The monoisotopic (exact) mass is 217 g/mol. The van der Waals surface area contributed by atoms with Crippen LogP contribution in [0.5, 0.6) is 5.88 Å². The minimum Gasteiger partial charge on any atom is -0.474 e. The normalized spacial score (nSPS) is 15.3. The Kier molecular flexibility index (Phi) is 1.92. The molecule has 0 amide bonds. The fraction of sp³-hybridized carbons (Fsp3) is 0.364. The number of H-pyrrole nitrogens is 1. The highest BCUT2D eigenvalue weighted by Gasteiger charge is 2.24. The molecule has 2 heterocycles. The number of aromatic nitrogens is 3. The maximum atomic E-state index is 11.6. The van der Waals surface area contributed by atoms with E-state index in [2.05, 4.69) is 15.0 Å². The third-order valence-corrected chi connectivity index (χ3v) is 2.46. The van der Waals surface area contributed by atoms with E-state index in [0.29, 0.717) is 22.7 Å². The van der Waals surface area contributed by atoms with Gasteiger partial charge in [0, 0.05) is 6.07 Å². The smallest absolute Gasteiger partial charge is 0.277 e. The fourth-order valence-corrected chi connectivity index (χ4v) is 1.55. The summed E-state index contributed by atoms with van der Waals surface area (Å²) in [5.74, 6) is 1.10. The van der Waals surface area contributed by atoms with Crippen LogP contribution in [0.15, 0.2) is 16.9 Å². The van der Waals surface area contributed by atoms with E-state index in [1.165, 1.54) is 0 Å². The average Bonchev–Trinajstić information content (AvgIpc) is 3.03. The molecule has 1 N–H and O–H groups in total. The molecule has 2 aromatic heterocycles. The minimum atomic E-state index is -0.219. The Morgan fingerprint density at radius 2 is 2.19 bits per heavy atom. The van der Waals surface area contributed by atoms with Crippen LogP contribution in [0.3, 0.4) is 0 Å². The van der Waals surface area contributed by atoms with E-state index in [4.69, 9.17) is 4.74 Å². The van der Waals surface area contributed by atoms with Crippen molar-refractivity contribution < 1.29 is 4.74 Å². The number of rotatable bonds is 2. The molecule has 5 heteroatoms. The highest BCUT2D eigenvalue weighted by molar-refractivity contribution is 5.73. The molecule has 1 fully saturated rings. The minimum absolute atomic E-state index is 0.219. The number of aromatic amines is 1. The molecule has 0 saturated heterocycles. The summed E-state index contributed by atoms with van der Waals surface area (Å²) >= 11 is 0. The zero-order valence-corrected chi connectivity index (χ0v) is 8.86. The van der Waals surface area contributed by atoms with Crippen LogP contribution >= 0.6 is 0 Å². The van der Waals surface area contributed by atoms with E-state index in [0.717, 1.165) is 12.8 Å². The predicted molar refractivity (Wildman–Crippen MR) is 58.5 cm³/mol. The fourth-order valence-electron chi connectivity index (χ4n) is 1.55. The average molecular weight is 217 g/mol. The SMILES string of the molecule is Cc1nc2ccc(OC3CC3)nc2c(=O)[nH]1. The number of nitrogens with zero attached hydrogens (tertiary/aromatic N) is 2. The van der Waals surface area contributed by atoms with Crippen molar-refractivity contribution in [3.05, 3.63) is 28.3 Å². The number of ether oxygens (including phenoxy) is 1. The van der Waals surface area contributed by atoms with Gasteiger partial charge in [0.15, 0.2) is 5.52 Å². The summed E-state index contributed by atoms with van der Waals surface area (Å²) in [5, 5.41) is 0. The zero-order valence-electron chi connectivity index (χ0n) is 8.86. The molecule has 2 aromatic rings. The van der Waals surface area contributed by atoms with Gasteiger partial charge in [-0.3, -0.25) is 4.79 Å². The van der Waals surface area contributed by atoms with Crippen LogP contribution in [0.2, 0.25) is 0 Å². The van der Waals surface area contributed by atoms with Crippen LogP contribution < -0.4 is 10.3 Å². The van der Waals surface area contributed by atoms with E-state index in [1.54, 1.807) is 19.1 Å². The van der Waals surface area contributed by atoms with E-state index in [1.807, 2.05) is 0 Å². The maximum Gasteiger partial charge on any atom is 0.277 e. The van der Waals surface area contributed by atoms with Crippen LogP contribution in [0.1, 0.15) is 18.7 Å². The van der Waals surface area contributed by atoms with Gasteiger partial charge in [-0.25, -0.2) is 9.97 Å². The van der Waals surface area contributed by atoms with E-state index >= 15 is 0 Å². The van der Waals surface area contributed by atoms with E-state index in [9.17, 15) is 4.79 Å². The first-order valence-corrected chi connectivity index (χ1v) is 5.27. The summed E-state index contributed by atoms with van der Waals surface area (Å²) in [6, 6.07) is 3.52. The summed E-state index contributed by atoms with van der Waals surface area (Å²) in [4.78, 5) is 22.6. The second-order valence-corrected chi connectivity index (χ2v) is 3.99. The Hall–Kier alpha value is -1.91. The first-order valence-electron chi connectivity index (χ1n) is 5.27. The highest BCUT2D eigenvalue weighted by Crippen LogP contribution is 2.25. The van der Waals surface area contributed by atoms with Crippen molar-refractivity contribution in [2.45, 2.75) is 25.9 Å². The molecule has 1 aliphatic carbocycles. The van der Waals surface area contributed by atoms with Gasteiger partial charge in [0.1, 0.15) is 11.9 Å². The highest BCUT2D eigenvalue weighted by atomic mass is 16.5. The molecule has 1 saturated carbocycles. The van der Waals surface area contributed by atoms with Crippen LogP contribution in [-0.2, 0) is 0 Å². The Balaban J connectivity index is 2.12. The lowest BCUT2D eigenvalue weighted by molar-refractivity contribution is 0.292. The van der Waals surface area contributed by atoms with Gasteiger partial charge >= 0.3 is 0 Å². The number of aryl methyl sites for hydroxylation is 1. The lowest BCUT2D eigenvalue weighted by Crippen LogP contribution is -2.12. The topological polar surface area (TPSA) is 67.9 Å². The molecule has 0 radical (unpaired) electrons. The molecule has 3 rings (SSSR count). The number of nitrogens with one attached hydrogen (secondary N) is 1. The molecule has 0 aliphatic heterocycles. The van der Waals surface area contributed by atoms with E-state index in [-0.39, 0.29) is 11.7 Å². The summed E-state index contributed by atoms with van der Waals surface area (Å²) in [7, 11) is 0. The predicted octanol–water partition coefficient (Wildman–Crippen LogP) is 1.17. The summed E-state index contributed by atoms with van der Waals surface area (Å²) < 4.78 is 5.53. The lowest BCUT2D eigenvalue weighted by atomic mass is 10.3. The van der Waals surface area contributed by atoms with E-state index < -0.39 is 0 Å². The molecule has 16 heavy (non-hydrogen) atoms. The third-order valence-electron chi connectivity index (χ3n) is 2.46. The third kappa shape index (κ3) is 1.64. The summed E-state index contributed by atoms with van der Waals surface area (Å²) in [5.41, 5.74) is 0.719. The van der Waals surface area contributed by atoms with Crippen molar-refractivity contribution in [1.29, 1.82) is 0 Å². The lowest BCUT2D eigenvalue weighted by Gasteiger charge is -2.03. The second kappa shape index (κ2) is 3.30. The molecule has 82 valence electrons. The van der Waals surface area contributed by atoms with Crippen molar-refractivity contribution in [3.8, 4) is 5.88 Å². The zero-order chi connectivity index (χ0) is 11.1. The number of pyridine rings is 1. The molecule has 0 aromatic carbocycles.